The molecule has 2 heterocycles. The summed E-state index contributed by atoms with van der Waals surface area (Å²) in [6, 6.07) is 15.8. The van der Waals surface area contributed by atoms with Gasteiger partial charge in [-0.25, -0.2) is 4.79 Å². The van der Waals surface area contributed by atoms with E-state index >= 15 is 0 Å². The maximum atomic E-state index is 13.1. The Kier molecular flexibility index (Phi) is 6.23. The van der Waals surface area contributed by atoms with Gasteiger partial charge in [-0.05, 0) is 48.4 Å². The number of nitrogens with one attached hydrogen (secondary N) is 1. The summed E-state index contributed by atoms with van der Waals surface area (Å²) in [7, 11) is 0. The van der Waals surface area contributed by atoms with E-state index in [2.05, 4.69) is 29.6 Å². The molecule has 5 rings (SSSR count). The monoisotopic (exact) mass is 478 g/mol. The van der Waals surface area contributed by atoms with Crippen LogP contribution in [-0.2, 0) is 19.1 Å². The van der Waals surface area contributed by atoms with Crippen LogP contribution in [0.25, 0.3) is 11.1 Å². The normalized spacial score (nSPS) is 22.8. The van der Waals surface area contributed by atoms with E-state index in [0.29, 0.717) is 39.0 Å². The van der Waals surface area contributed by atoms with Crippen LogP contribution in [0.15, 0.2) is 48.5 Å². The van der Waals surface area contributed by atoms with Gasteiger partial charge in [-0.2, -0.15) is 0 Å². The number of carbonyl (C=O) groups is 3. The number of likely N-dealkylation sites (tertiary alicyclic amines) is 1. The molecule has 0 spiro atoms. The van der Waals surface area contributed by atoms with Crippen molar-refractivity contribution in [2.75, 3.05) is 26.3 Å². The average molecular weight is 479 g/mol. The Balaban J connectivity index is 1.18. The minimum atomic E-state index is -0.837. The zero-order chi connectivity index (χ0) is 24.6. The number of amides is 2. The fraction of sp³-hybridized carbons (Fsp3) is 0.444. The summed E-state index contributed by atoms with van der Waals surface area (Å²) in [6.07, 6.45) is -0.0559. The molecule has 2 fully saturated rings. The number of rotatable bonds is 5. The molecule has 2 unspecified atom stereocenters. The molecule has 0 aromatic heterocycles. The van der Waals surface area contributed by atoms with E-state index in [1.807, 2.05) is 24.3 Å². The minimum absolute atomic E-state index is 0.0395. The summed E-state index contributed by atoms with van der Waals surface area (Å²) >= 11 is 0. The van der Waals surface area contributed by atoms with E-state index in [1.54, 1.807) is 11.8 Å². The van der Waals surface area contributed by atoms with E-state index < -0.39 is 29.6 Å². The Morgan fingerprint density at radius 3 is 2.26 bits per heavy atom. The van der Waals surface area contributed by atoms with Crippen molar-refractivity contribution in [3.8, 4) is 11.1 Å². The summed E-state index contributed by atoms with van der Waals surface area (Å²) in [5, 5.41) is 12.3. The Hall–Kier alpha value is -3.39. The molecule has 2 aromatic carbocycles. The van der Waals surface area contributed by atoms with Gasteiger partial charge in [0.25, 0.3) is 5.91 Å². The number of hydrogen-bond donors (Lipinski definition) is 2. The van der Waals surface area contributed by atoms with Gasteiger partial charge in [0.1, 0.15) is 6.61 Å². The van der Waals surface area contributed by atoms with Crippen LogP contribution in [0.4, 0.5) is 4.79 Å². The maximum Gasteiger partial charge on any atom is 0.407 e. The lowest BCUT2D eigenvalue weighted by Gasteiger charge is -2.37. The van der Waals surface area contributed by atoms with Gasteiger partial charge in [0, 0.05) is 25.6 Å². The molecule has 35 heavy (non-hydrogen) atoms. The fourth-order valence-electron chi connectivity index (χ4n) is 5.39. The third-order valence-corrected chi connectivity index (χ3v) is 7.68. The third kappa shape index (κ3) is 4.38. The first-order valence-electron chi connectivity index (χ1n) is 12.1. The molecule has 0 bridgehead atoms. The first-order valence-corrected chi connectivity index (χ1v) is 12.1. The van der Waals surface area contributed by atoms with E-state index in [-0.39, 0.29) is 18.4 Å². The molecule has 8 heteroatoms. The molecule has 0 radical (unpaired) electrons. The number of nitrogens with zero attached hydrogens (tertiary/aromatic N) is 1. The van der Waals surface area contributed by atoms with Gasteiger partial charge in [-0.1, -0.05) is 48.5 Å². The largest absolute Gasteiger partial charge is 0.481 e. The number of carboxylic acids is 1. The van der Waals surface area contributed by atoms with Gasteiger partial charge in [-0.15, -0.1) is 0 Å². The molecule has 1 aliphatic carbocycles. The zero-order valence-electron chi connectivity index (χ0n) is 19.7. The highest BCUT2D eigenvalue weighted by molar-refractivity contribution is 5.84. The Morgan fingerprint density at radius 2 is 1.66 bits per heavy atom. The number of carbonyl (C=O) groups excluding carboxylic acids is 2. The van der Waals surface area contributed by atoms with Crippen LogP contribution in [0.3, 0.4) is 0 Å². The summed E-state index contributed by atoms with van der Waals surface area (Å²) in [6.45, 7) is 3.00. The zero-order valence-corrected chi connectivity index (χ0v) is 19.7. The lowest BCUT2D eigenvalue weighted by Crippen LogP contribution is -2.53. The lowest BCUT2D eigenvalue weighted by molar-refractivity contribution is -0.155. The molecule has 0 saturated carbocycles. The van der Waals surface area contributed by atoms with Gasteiger partial charge in [0.15, 0.2) is 6.10 Å². The van der Waals surface area contributed by atoms with Gasteiger partial charge >= 0.3 is 12.1 Å². The highest BCUT2D eigenvalue weighted by Crippen LogP contribution is 2.44. The van der Waals surface area contributed by atoms with Crippen molar-refractivity contribution in [1.29, 1.82) is 0 Å². The Morgan fingerprint density at radius 1 is 1.06 bits per heavy atom. The van der Waals surface area contributed by atoms with E-state index in [4.69, 9.17) is 9.47 Å². The van der Waals surface area contributed by atoms with Crippen LogP contribution >= 0.6 is 0 Å². The second kappa shape index (κ2) is 9.34. The van der Waals surface area contributed by atoms with E-state index in [9.17, 15) is 19.5 Å². The van der Waals surface area contributed by atoms with Crippen LogP contribution in [0.5, 0.6) is 0 Å². The van der Waals surface area contributed by atoms with Crippen LogP contribution in [0.2, 0.25) is 0 Å². The molecular formula is C27H30N2O6. The number of fused-ring (bicyclic) bond motifs is 3. The van der Waals surface area contributed by atoms with Gasteiger partial charge in [0.2, 0.25) is 0 Å². The van der Waals surface area contributed by atoms with E-state index in [0.717, 1.165) is 22.3 Å². The highest BCUT2D eigenvalue weighted by atomic mass is 16.6. The van der Waals surface area contributed by atoms with Crippen LogP contribution in [-0.4, -0.2) is 66.4 Å². The third-order valence-electron chi connectivity index (χ3n) is 7.68. The number of aliphatic carboxylic acids is 1. The number of piperidine rings is 1. The van der Waals surface area contributed by atoms with Gasteiger partial charge in [-0.3, -0.25) is 9.59 Å². The van der Waals surface area contributed by atoms with Crippen molar-refractivity contribution in [2.24, 2.45) is 5.41 Å². The Bertz CT molecular complexity index is 1090. The average Bonchev–Trinajstić information content (AvgIpc) is 3.45. The molecule has 2 saturated heterocycles. The molecule has 2 aliphatic heterocycles. The second-order valence-corrected chi connectivity index (χ2v) is 9.85. The van der Waals surface area contributed by atoms with Crippen LogP contribution in [0, 0.1) is 5.41 Å². The Labute approximate surface area is 204 Å². The summed E-state index contributed by atoms with van der Waals surface area (Å²) in [5.41, 5.74) is 3.78. The number of benzene rings is 2. The van der Waals surface area contributed by atoms with Gasteiger partial charge in [0.05, 0.1) is 11.5 Å². The SMILES string of the molecule is CC1(C(=O)O)CCN(C(=O)C2OCCC2NC(=O)OCC2c3ccccc3-c3ccccc32)CC1. The molecule has 2 atom stereocenters. The van der Waals surface area contributed by atoms with Crippen molar-refractivity contribution in [1.82, 2.24) is 10.2 Å². The smallest absolute Gasteiger partial charge is 0.407 e. The number of ether oxygens (including phenoxy) is 2. The molecule has 8 nitrogen and oxygen atoms in total. The second-order valence-electron chi connectivity index (χ2n) is 9.85. The predicted molar refractivity (Wildman–Crippen MR) is 128 cm³/mol. The summed E-state index contributed by atoms with van der Waals surface area (Å²) < 4.78 is 11.3. The standard InChI is InChI=1S/C27H30N2O6/c1-27(25(31)32)11-13-29(14-12-27)24(30)23-22(10-15-34-23)28-26(33)35-16-21-19-8-4-2-6-17(19)18-7-3-5-9-20(18)21/h2-9,21-23H,10-16H2,1H3,(H,28,33)(H,31,32). The fourth-order valence-corrected chi connectivity index (χ4v) is 5.39. The lowest BCUT2D eigenvalue weighted by atomic mass is 9.80. The summed E-state index contributed by atoms with van der Waals surface area (Å²) in [5.74, 6) is -1.09. The maximum absolute atomic E-state index is 13.1. The predicted octanol–water partition coefficient (Wildman–Crippen LogP) is 3.40. The minimum Gasteiger partial charge on any atom is -0.481 e. The molecular weight excluding hydrogens is 448 g/mol. The number of alkyl carbamates (subject to hydrolysis) is 1. The quantitative estimate of drug-likeness (QED) is 0.683. The molecule has 2 amide bonds. The van der Waals surface area contributed by atoms with Crippen LogP contribution in [0.1, 0.15) is 43.2 Å². The topological polar surface area (TPSA) is 105 Å². The molecule has 2 N–H and O–H groups in total. The van der Waals surface area contributed by atoms with E-state index in [1.165, 1.54) is 0 Å². The number of carboxylic acid groups (broad SMARTS) is 1. The van der Waals surface area contributed by atoms with Crippen molar-refractivity contribution < 1.29 is 29.0 Å². The number of hydrogen-bond acceptors (Lipinski definition) is 5. The van der Waals surface area contributed by atoms with Crippen molar-refractivity contribution in [3.05, 3.63) is 59.7 Å². The molecule has 2 aromatic rings. The summed E-state index contributed by atoms with van der Waals surface area (Å²) in [4.78, 5) is 38.9. The molecule has 3 aliphatic rings. The molecule has 184 valence electrons. The van der Waals surface area contributed by atoms with Crippen LogP contribution < -0.4 is 5.32 Å². The first kappa shape index (κ1) is 23.4. The van der Waals surface area contributed by atoms with Gasteiger partial charge < -0.3 is 24.8 Å². The highest BCUT2D eigenvalue weighted by Gasteiger charge is 2.43. The van der Waals surface area contributed by atoms with Crippen molar-refractivity contribution in [3.63, 3.8) is 0 Å². The van der Waals surface area contributed by atoms with Crippen molar-refractivity contribution in [2.45, 2.75) is 44.2 Å². The van der Waals surface area contributed by atoms with Crippen molar-refractivity contribution >= 4 is 18.0 Å². The first-order chi connectivity index (χ1) is 16.9.